The summed E-state index contributed by atoms with van der Waals surface area (Å²) in [5.41, 5.74) is 1.22. The summed E-state index contributed by atoms with van der Waals surface area (Å²) in [6.45, 7) is 0.979. The van der Waals surface area contributed by atoms with Crippen molar-refractivity contribution in [2.24, 2.45) is 7.05 Å². The van der Waals surface area contributed by atoms with Crippen molar-refractivity contribution in [1.82, 2.24) is 24.9 Å². The molecule has 0 radical (unpaired) electrons. The van der Waals surface area contributed by atoms with Gasteiger partial charge in [0.05, 0.1) is 5.75 Å². The highest BCUT2D eigenvalue weighted by molar-refractivity contribution is 7.99. The summed E-state index contributed by atoms with van der Waals surface area (Å²) in [6.07, 6.45) is 0. The fraction of sp³-hybridized carbons (Fsp3) is 0.190. The number of carbonyl (C=O) groups excluding carboxylic acids is 1. The van der Waals surface area contributed by atoms with Gasteiger partial charge in [-0.2, -0.15) is 4.98 Å². The van der Waals surface area contributed by atoms with Crippen molar-refractivity contribution in [3.05, 3.63) is 48.3 Å². The number of rotatable bonds is 6. The third-order valence-electron chi connectivity index (χ3n) is 4.71. The van der Waals surface area contributed by atoms with Crippen LogP contribution in [0.2, 0.25) is 0 Å². The normalized spacial score (nSPS) is 12.5. The minimum Gasteiger partial charge on any atom is -0.486 e. The van der Waals surface area contributed by atoms with E-state index in [1.807, 2.05) is 0 Å². The van der Waals surface area contributed by atoms with E-state index in [2.05, 4.69) is 25.7 Å². The Balaban J connectivity index is 1.23. The maximum absolute atomic E-state index is 13.1. The van der Waals surface area contributed by atoms with Crippen molar-refractivity contribution in [1.29, 1.82) is 0 Å². The molecule has 168 valence electrons. The fourth-order valence-corrected chi connectivity index (χ4v) is 3.82. The van der Waals surface area contributed by atoms with Gasteiger partial charge in [-0.15, -0.1) is 10.2 Å². The molecule has 1 aliphatic heterocycles. The van der Waals surface area contributed by atoms with E-state index in [1.165, 1.54) is 23.9 Å². The van der Waals surface area contributed by atoms with Crippen LogP contribution in [0.15, 0.2) is 52.1 Å². The molecule has 4 aromatic rings. The Morgan fingerprint density at radius 2 is 1.91 bits per heavy atom. The standard InChI is InChI=1S/C21H17FN6O4S/c1-28-19(20-24-18(27-32-20)12-2-4-13(22)5-3-12)25-26-21(28)33-11-17(29)23-14-6-7-15-16(10-14)31-9-8-30-15/h2-7,10H,8-9,11H2,1H3,(H,23,29). The van der Waals surface area contributed by atoms with Crippen molar-refractivity contribution in [3.63, 3.8) is 0 Å². The number of halogens is 1. The van der Waals surface area contributed by atoms with Crippen LogP contribution in [0.4, 0.5) is 10.1 Å². The lowest BCUT2D eigenvalue weighted by Gasteiger charge is -2.18. The minimum atomic E-state index is -0.351. The predicted octanol–water partition coefficient (Wildman–Crippen LogP) is 3.17. The van der Waals surface area contributed by atoms with E-state index in [1.54, 1.807) is 41.9 Å². The molecule has 0 aliphatic carbocycles. The molecule has 0 fully saturated rings. The molecule has 1 amide bonds. The zero-order chi connectivity index (χ0) is 22.8. The van der Waals surface area contributed by atoms with Gasteiger partial charge in [-0.05, 0) is 36.4 Å². The summed E-state index contributed by atoms with van der Waals surface area (Å²) in [6, 6.07) is 11.0. The Bertz CT molecular complexity index is 1310. The van der Waals surface area contributed by atoms with Gasteiger partial charge in [0.25, 0.3) is 5.89 Å². The van der Waals surface area contributed by atoms with Crippen LogP contribution < -0.4 is 14.8 Å². The van der Waals surface area contributed by atoms with Gasteiger partial charge < -0.3 is 23.9 Å². The first-order chi connectivity index (χ1) is 16.1. The highest BCUT2D eigenvalue weighted by Crippen LogP contribution is 2.32. The molecule has 0 bridgehead atoms. The Morgan fingerprint density at radius 1 is 1.12 bits per heavy atom. The number of nitrogens with one attached hydrogen (secondary N) is 1. The van der Waals surface area contributed by atoms with Gasteiger partial charge in [-0.25, -0.2) is 4.39 Å². The summed E-state index contributed by atoms with van der Waals surface area (Å²) in [7, 11) is 1.73. The third kappa shape index (κ3) is 4.51. The van der Waals surface area contributed by atoms with Crippen molar-refractivity contribution in [2.75, 3.05) is 24.3 Å². The molecule has 33 heavy (non-hydrogen) atoms. The number of nitrogens with zero attached hydrogens (tertiary/aromatic N) is 5. The monoisotopic (exact) mass is 468 g/mol. The van der Waals surface area contributed by atoms with E-state index in [0.717, 1.165) is 0 Å². The molecule has 1 N–H and O–H groups in total. The lowest BCUT2D eigenvalue weighted by Crippen LogP contribution is -2.17. The molecule has 0 saturated carbocycles. The molecule has 1 aliphatic rings. The number of thioether (sulfide) groups is 1. The van der Waals surface area contributed by atoms with E-state index >= 15 is 0 Å². The molecule has 2 aromatic carbocycles. The minimum absolute atomic E-state index is 0.116. The first-order valence-corrected chi connectivity index (χ1v) is 10.9. The number of anilines is 1. The van der Waals surface area contributed by atoms with Crippen molar-refractivity contribution < 1.29 is 23.2 Å². The first kappa shape index (κ1) is 20.9. The number of amides is 1. The Morgan fingerprint density at radius 3 is 2.73 bits per heavy atom. The van der Waals surface area contributed by atoms with Gasteiger partial charge in [-0.3, -0.25) is 4.79 Å². The van der Waals surface area contributed by atoms with E-state index in [0.29, 0.717) is 52.8 Å². The highest BCUT2D eigenvalue weighted by Gasteiger charge is 2.19. The maximum Gasteiger partial charge on any atom is 0.296 e. The number of ether oxygens (including phenoxy) is 2. The third-order valence-corrected chi connectivity index (χ3v) is 5.73. The maximum atomic E-state index is 13.1. The number of carbonyl (C=O) groups is 1. The van der Waals surface area contributed by atoms with E-state index in [-0.39, 0.29) is 23.4 Å². The Labute approximate surface area is 191 Å². The SMILES string of the molecule is Cn1c(SCC(=O)Nc2ccc3c(c2)OCCO3)nnc1-c1nc(-c2ccc(F)cc2)no1. The molecular formula is C21H17FN6O4S. The summed E-state index contributed by atoms with van der Waals surface area (Å²) in [4.78, 5) is 16.7. The lowest BCUT2D eigenvalue weighted by atomic mass is 10.2. The largest absolute Gasteiger partial charge is 0.486 e. The number of hydrogen-bond donors (Lipinski definition) is 1. The van der Waals surface area contributed by atoms with Gasteiger partial charge in [0.1, 0.15) is 19.0 Å². The van der Waals surface area contributed by atoms with Gasteiger partial charge in [0.15, 0.2) is 16.7 Å². The second-order valence-electron chi connectivity index (χ2n) is 6.99. The number of aromatic nitrogens is 5. The Hall–Kier alpha value is -3.93. The lowest BCUT2D eigenvalue weighted by molar-refractivity contribution is -0.113. The Kier molecular flexibility index (Phi) is 5.65. The van der Waals surface area contributed by atoms with Crippen molar-refractivity contribution in [2.45, 2.75) is 5.16 Å². The molecule has 5 rings (SSSR count). The second-order valence-corrected chi connectivity index (χ2v) is 7.93. The van der Waals surface area contributed by atoms with E-state index < -0.39 is 0 Å². The fourth-order valence-electron chi connectivity index (χ4n) is 3.11. The summed E-state index contributed by atoms with van der Waals surface area (Å²) in [5.74, 6) is 1.63. The van der Waals surface area contributed by atoms with E-state index in [9.17, 15) is 9.18 Å². The smallest absolute Gasteiger partial charge is 0.296 e. The van der Waals surface area contributed by atoms with Crippen LogP contribution in [0.1, 0.15) is 0 Å². The number of hydrogen-bond acceptors (Lipinski definition) is 9. The molecule has 0 atom stereocenters. The topological polar surface area (TPSA) is 117 Å². The van der Waals surface area contributed by atoms with Crippen molar-refractivity contribution in [3.8, 4) is 34.6 Å². The van der Waals surface area contributed by atoms with Crippen LogP contribution in [0.5, 0.6) is 11.5 Å². The molecule has 0 saturated heterocycles. The van der Waals surface area contributed by atoms with Crippen LogP contribution in [0.25, 0.3) is 23.1 Å². The molecule has 3 heterocycles. The van der Waals surface area contributed by atoms with E-state index in [4.69, 9.17) is 14.0 Å². The summed E-state index contributed by atoms with van der Waals surface area (Å²) >= 11 is 1.21. The number of benzene rings is 2. The van der Waals surface area contributed by atoms with Crippen LogP contribution >= 0.6 is 11.8 Å². The molecular weight excluding hydrogens is 451 g/mol. The van der Waals surface area contributed by atoms with Gasteiger partial charge >= 0.3 is 0 Å². The van der Waals surface area contributed by atoms with Gasteiger partial charge in [0.2, 0.25) is 17.6 Å². The van der Waals surface area contributed by atoms with Crippen molar-refractivity contribution >= 4 is 23.4 Å². The van der Waals surface area contributed by atoms with Gasteiger partial charge in [-0.1, -0.05) is 16.9 Å². The average Bonchev–Trinajstić information content (AvgIpc) is 3.45. The van der Waals surface area contributed by atoms with Crippen LogP contribution in [0, 0.1) is 5.82 Å². The average molecular weight is 468 g/mol. The quantitative estimate of drug-likeness (QED) is 0.426. The first-order valence-electron chi connectivity index (χ1n) is 9.88. The molecule has 10 nitrogen and oxygen atoms in total. The summed E-state index contributed by atoms with van der Waals surface area (Å²) < 4.78 is 31.1. The highest BCUT2D eigenvalue weighted by atomic mass is 32.2. The van der Waals surface area contributed by atoms with Crippen LogP contribution in [-0.4, -0.2) is 49.8 Å². The molecule has 2 aromatic heterocycles. The van der Waals surface area contributed by atoms with Crippen LogP contribution in [-0.2, 0) is 11.8 Å². The summed E-state index contributed by atoms with van der Waals surface area (Å²) in [5, 5.41) is 15.4. The zero-order valence-corrected chi connectivity index (χ0v) is 18.1. The zero-order valence-electron chi connectivity index (χ0n) is 17.3. The molecule has 12 heteroatoms. The predicted molar refractivity (Wildman–Crippen MR) is 116 cm³/mol. The second kappa shape index (κ2) is 8.90. The van der Waals surface area contributed by atoms with Gasteiger partial charge in [0, 0.05) is 24.4 Å². The molecule has 0 spiro atoms. The van der Waals surface area contributed by atoms with Crippen LogP contribution in [0.3, 0.4) is 0 Å². The number of fused-ring (bicyclic) bond motifs is 1. The molecule has 0 unspecified atom stereocenters.